The predicted octanol–water partition coefficient (Wildman–Crippen LogP) is 2.01. The Morgan fingerprint density at radius 2 is 2.17 bits per heavy atom. The Bertz CT molecular complexity index is 640. The number of carbonyl (C=O) groups excluding carboxylic acids is 2. The molecule has 0 unspecified atom stereocenters. The first-order valence-corrected chi connectivity index (χ1v) is 6.09. The molecule has 0 atom stereocenters. The van der Waals surface area contributed by atoms with Crippen LogP contribution in [0.15, 0.2) is 29.8 Å². The molecule has 0 bridgehead atoms. The number of fused-ring (bicyclic) bond motifs is 1. The van der Waals surface area contributed by atoms with Crippen LogP contribution in [0.25, 0.3) is 0 Å². The molecule has 1 aromatic heterocycles. The van der Waals surface area contributed by atoms with Crippen LogP contribution < -0.4 is 4.90 Å². The summed E-state index contributed by atoms with van der Waals surface area (Å²) in [5.41, 5.74) is 0.568. The molecule has 0 fully saturated rings. The molecule has 90 valence electrons. The van der Waals surface area contributed by atoms with Crippen molar-refractivity contribution >= 4 is 28.7 Å². The minimum Gasteiger partial charge on any atom is -0.298 e. The molecular formula is C12H7FN2O2S. The summed E-state index contributed by atoms with van der Waals surface area (Å²) in [6, 6.07) is 3.78. The maximum Gasteiger partial charge on any atom is 0.299 e. The minimum absolute atomic E-state index is 0.122. The Balaban J connectivity index is 2.02. The number of benzene rings is 1. The van der Waals surface area contributed by atoms with E-state index in [1.165, 1.54) is 28.4 Å². The van der Waals surface area contributed by atoms with E-state index in [2.05, 4.69) is 4.98 Å². The molecule has 18 heavy (non-hydrogen) atoms. The van der Waals surface area contributed by atoms with E-state index in [4.69, 9.17) is 0 Å². The number of hydrogen-bond donors (Lipinski definition) is 0. The SMILES string of the molecule is O=C1C(=O)N(Cc2nccs2)c2ccc(F)cc21. The maximum atomic E-state index is 13.1. The van der Waals surface area contributed by atoms with Gasteiger partial charge in [0, 0.05) is 11.6 Å². The molecule has 3 rings (SSSR count). The summed E-state index contributed by atoms with van der Waals surface area (Å²) in [7, 11) is 0. The first-order chi connectivity index (χ1) is 8.66. The predicted molar refractivity (Wildman–Crippen MR) is 64.0 cm³/mol. The van der Waals surface area contributed by atoms with Crippen LogP contribution in [0.1, 0.15) is 15.4 Å². The van der Waals surface area contributed by atoms with E-state index in [1.54, 1.807) is 11.6 Å². The number of ketones is 1. The molecule has 2 aromatic rings. The van der Waals surface area contributed by atoms with Gasteiger partial charge in [0.15, 0.2) is 0 Å². The van der Waals surface area contributed by atoms with Crippen LogP contribution in [0.3, 0.4) is 0 Å². The fourth-order valence-electron chi connectivity index (χ4n) is 1.90. The van der Waals surface area contributed by atoms with E-state index >= 15 is 0 Å². The van der Waals surface area contributed by atoms with E-state index < -0.39 is 17.5 Å². The second-order valence-corrected chi connectivity index (χ2v) is 4.79. The third-order valence-corrected chi connectivity index (χ3v) is 3.47. The number of Topliss-reactive ketones (excluding diaryl/α,β-unsaturated/α-hetero) is 1. The molecule has 4 nitrogen and oxygen atoms in total. The van der Waals surface area contributed by atoms with Crippen molar-refractivity contribution < 1.29 is 14.0 Å². The fourth-order valence-corrected chi connectivity index (χ4v) is 2.50. The summed E-state index contributed by atoms with van der Waals surface area (Å²) >= 11 is 1.40. The van der Waals surface area contributed by atoms with Gasteiger partial charge in [0.2, 0.25) is 0 Å². The molecule has 0 radical (unpaired) electrons. The molecule has 0 saturated carbocycles. The standard InChI is InChI=1S/C12H7FN2O2S/c13-7-1-2-9-8(5-7)11(16)12(17)15(9)6-10-14-3-4-18-10/h1-5H,6H2. The van der Waals surface area contributed by atoms with Gasteiger partial charge in [-0.15, -0.1) is 11.3 Å². The Morgan fingerprint density at radius 1 is 1.33 bits per heavy atom. The first kappa shape index (κ1) is 11.0. The molecule has 0 aliphatic carbocycles. The van der Waals surface area contributed by atoms with Gasteiger partial charge >= 0.3 is 0 Å². The summed E-state index contributed by atoms with van der Waals surface area (Å²) in [4.78, 5) is 28.9. The van der Waals surface area contributed by atoms with Gasteiger partial charge in [-0.3, -0.25) is 14.5 Å². The highest BCUT2D eigenvalue weighted by molar-refractivity contribution is 7.09. The van der Waals surface area contributed by atoms with Crippen molar-refractivity contribution in [2.75, 3.05) is 4.90 Å². The number of nitrogens with zero attached hydrogens (tertiary/aromatic N) is 2. The molecule has 1 aromatic carbocycles. The zero-order valence-electron chi connectivity index (χ0n) is 9.09. The Morgan fingerprint density at radius 3 is 2.89 bits per heavy atom. The van der Waals surface area contributed by atoms with Crippen LogP contribution in [-0.4, -0.2) is 16.7 Å². The van der Waals surface area contributed by atoms with Crippen LogP contribution in [0.4, 0.5) is 10.1 Å². The summed E-state index contributed by atoms with van der Waals surface area (Å²) in [5.74, 6) is -1.82. The molecule has 2 heterocycles. The number of rotatable bonds is 2. The van der Waals surface area contributed by atoms with Crippen molar-refractivity contribution in [2.45, 2.75) is 6.54 Å². The zero-order chi connectivity index (χ0) is 12.7. The zero-order valence-corrected chi connectivity index (χ0v) is 9.91. The van der Waals surface area contributed by atoms with Crippen molar-refractivity contribution in [3.63, 3.8) is 0 Å². The Labute approximate surface area is 106 Å². The number of thiazole rings is 1. The van der Waals surface area contributed by atoms with E-state index in [0.717, 1.165) is 11.1 Å². The minimum atomic E-state index is -0.666. The Hall–Kier alpha value is -2.08. The topological polar surface area (TPSA) is 50.3 Å². The van der Waals surface area contributed by atoms with Gasteiger partial charge in [0.05, 0.1) is 17.8 Å². The average Bonchev–Trinajstić information content (AvgIpc) is 2.94. The lowest BCUT2D eigenvalue weighted by molar-refractivity contribution is -0.114. The summed E-state index contributed by atoms with van der Waals surface area (Å²) in [5, 5.41) is 2.52. The number of hydrogen-bond acceptors (Lipinski definition) is 4. The van der Waals surface area contributed by atoms with Crippen LogP contribution in [0, 0.1) is 5.82 Å². The van der Waals surface area contributed by atoms with Crippen LogP contribution in [0.2, 0.25) is 0 Å². The monoisotopic (exact) mass is 262 g/mol. The average molecular weight is 262 g/mol. The summed E-state index contributed by atoms with van der Waals surface area (Å²) in [6.07, 6.45) is 1.63. The van der Waals surface area contributed by atoms with Crippen molar-refractivity contribution in [1.29, 1.82) is 0 Å². The van der Waals surface area contributed by atoms with E-state index in [0.29, 0.717) is 5.69 Å². The molecule has 6 heteroatoms. The second-order valence-electron chi connectivity index (χ2n) is 3.81. The second kappa shape index (κ2) is 3.99. The number of aromatic nitrogens is 1. The molecule has 1 aliphatic rings. The van der Waals surface area contributed by atoms with Gasteiger partial charge in [0.1, 0.15) is 10.8 Å². The van der Waals surface area contributed by atoms with Gasteiger partial charge in [-0.2, -0.15) is 0 Å². The number of anilines is 1. The maximum absolute atomic E-state index is 13.1. The number of halogens is 1. The lowest BCUT2D eigenvalue weighted by Gasteiger charge is -2.14. The highest BCUT2D eigenvalue weighted by atomic mass is 32.1. The lowest BCUT2D eigenvalue weighted by Crippen LogP contribution is -2.29. The largest absolute Gasteiger partial charge is 0.299 e. The molecule has 1 aliphatic heterocycles. The fraction of sp³-hybridized carbons (Fsp3) is 0.0833. The number of carbonyl (C=O) groups is 2. The van der Waals surface area contributed by atoms with Gasteiger partial charge in [-0.25, -0.2) is 9.37 Å². The van der Waals surface area contributed by atoms with E-state index in [-0.39, 0.29) is 12.1 Å². The summed E-state index contributed by atoms with van der Waals surface area (Å²) in [6.45, 7) is 0.237. The number of amides is 1. The lowest BCUT2D eigenvalue weighted by atomic mass is 10.1. The van der Waals surface area contributed by atoms with E-state index in [9.17, 15) is 14.0 Å². The van der Waals surface area contributed by atoms with Crippen LogP contribution >= 0.6 is 11.3 Å². The van der Waals surface area contributed by atoms with Gasteiger partial charge in [-0.1, -0.05) is 0 Å². The van der Waals surface area contributed by atoms with Crippen molar-refractivity contribution in [3.8, 4) is 0 Å². The van der Waals surface area contributed by atoms with Crippen LogP contribution in [0.5, 0.6) is 0 Å². The molecule has 0 N–H and O–H groups in total. The molecule has 0 saturated heterocycles. The molecule has 0 spiro atoms. The highest BCUT2D eigenvalue weighted by Crippen LogP contribution is 2.30. The van der Waals surface area contributed by atoms with Gasteiger partial charge in [0.25, 0.3) is 11.7 Å². The van der Waals surface area contributed by atoms with Crippen molar-refractivity contribution in [3.05, 3.63) is 46.2 Å². The smallest absolute Gasteiger partial charge is 0.298 e. The first-order valence-electron chi connectivity index (χ1n) is 5.21. The third-order valence-electron chi connectivity index (χ3n) is 2.71. The normalized spacial score (nSPS) is 14.2. The van der Waals surface area contributed by atoms with Gasteiger partial charge in [-0.05, 0) is 18.2 Å². The van der Waals surface area contributed by atoms with Crippen LogP contribution in [-0.2, 0) is 11.3 Å². The molecular weight excluding hydrogens is 255 g/mol. The third kappa shape index (κ3) is 1.62. The van der Waals surface area contributed by atoms with Crippen molar-refractivity contribution in [1.82, 2.24) is 4.98 Å². The van der Waals surface area contributed by atoms with Gasteiger partial charge < -0.3 is 0 Å². The Kier molecular flexibility index (Phi) is 2.45. The van der Waals surface area contributed by atoms with Crippen molar-refractivity contribution in [2.24, 2.45) is 0 Å². The highest BCUT2D eigenvalue weighted by Gasteiger charge is 2.36. The molecule has 1 amide bonds. The summed E-state index contributed by atoms with van der Waals surface area (Å²) < 4.78 is 13.1. The quantitative estimate of drug-likeness (QED) is 0.778. The van der Waals surface area contributed by atoms with E-state index in [1.807, 2.05) is 0 Å².